The number of benzene rings is 3. The average Bonchev–Trinajstić information content (AvgIpc) is 2.90. The first-order chi connectivity index (χ1) is 18.1. The smallest absolute Gasteiger partial charge is 0.264 e. The Kier molecular flexibility index (Phi) is 10.3. The Bertz CT molecular complexity index is 1370. The third kappa shape index (κ3) is 7.36. The zero-order valence-electron chi connectivity index (χ0n) is 21.2. The number of halogens is 2. The minimum atomic E-state index is -4.14. The molecule has 0 fully saturated rings. The predicted octanol–water partition coefficient (Wildman–Crippen LogP) is 4.97. The van der Waals surface area contributed by atoms with Gasteiger partial charge >= 0.3 is 0 Å². The van der Waals surface area contributed by atoms with Gasteiger partial charge in [0.15, 0.2) is 0 Å². The number of carbonyl (C=O) groups excluding carboxylic acids is 2. The SMILES string of the molecule is CCOc1ccc(N(CC(=O)N(Cc2cccc(Br)c2)[C@@H](C)C(=O)NC)S(=O)(=O)c2ccc(Br)cc2)cc1. The van der Waals surface area contributed by atoms with Gasteiger partial charge in [-0.15, -0.1) is 0 Å². The van der Waals surface area contributed by atoms with E-state index in [-0.39, 0.29) is 17.3 Å². The van der Waals surface area contributed by atoms with Crippen molar-refractivity contribution in [1.29, 1.82) is 0 Å². The average molecular weight is 667 g/mol. The first-order valence-electron chi connectivity index (χ1n) is 11.8. The Balaban J connectivity index is 2.03. The van der Waals surface area contributed by atoms with Crippen LogP contribution < -0.4 is 14.4 Å². The maximum absolute atomic E-state index is 13.8. The van der Waals surface area contributed by atoms with Crippen LogP contribution in [0.2, 0.25) is 0 Å². The lowest BCUT2D eigenvalue weighted by molar-refractivity contribution is -0.139. The van der Waals surface area contributed by atoms with Crippen molar-refractivity contribution in [3.63, 3.8) is 0 Å². The van der Waals surface area contributed by atoms with Crippen LogP contribution in [0.5, 0.6) is 5.75 Å². The van der Waals surface area contributed by atoms with E-state index >= 15 is 0 Å². The number of sulfonamides is 1. The highest BCUT2D eigenvalue weighted by Gasteiger charge is 2.32. The van der Waals surface area contributed by atoms with E-state index in [4.69, 9.17) is 4.74 Å². The maximum atomic E-state index is 13.8. The van der Waals surface area contributed by atoms with Crippen molar-refractivity contribution < 1.29 is 22.7 Å². The molecule has 3 aromatic carbocycles. The minimum Gasteiger partial charge on any atom is -0.494 e. The molecule has 0 heterocycles. The minimum absolute atomic E-state index is 0.0280. The highest BCUT2D eigenvalue weighted by molar-refractivity contribution is 9.10. The Morgan fingerprint density at radius 1 is 0.974 bits per heavy atom. The Morgan fingerprint density at radius 3 is 2.21 bits per heavy atom. The molecular weight excluding hydrogens is 638 g/mol. The predicted molar refractivity (Wildman–Crippen MR) is 155 cm³/mol. The first-order valence-corrected chi connectivity index (χ1v) is 14.9. The van der Waals surface area contributed by atoms with Gasteiger partial charge < -0.3 is 15.0 Å². The summed E-state index contributed by atoms with van der Waals surface area (Å²) < 4.78 is 35.7. The fourth-order valence-electron chi connectivity index (χ4n) is 3.76. The standard InChI is InChI=1S/C27H29Br2N3O5S/c1-4-37-24-12-10-23(11-13-24)32(38(35,36)25-14-8-21(28)9-15-25)18-26(33)31(19(2)27(34)30-3)17-20-6-5-7-22(29)16-20/h5-16,19H,4,17-18H2,1-3H3,(H,30,34)/t19-/m0/s1. The van der Waals surface area contributed by atoms with Gasteiger partial charge in [-0.2, -0.15) is 0 Å². The zero-order chi connectivity index (χ0) is 27.9. The van der Waals surface area contributed by atoms with Crippen molar-refractivity contribution in [2.24, 2.45) is 0 Å². The molecule has 0 aliphatic rings. The van der Waals surface area contributed by atoms with E-state index in [1.54, 1.807) is 43.3 Å². The van der Waals surface area contributed by atoms with Crippen LogP contribution in [-0.2, 0) is 26.2 Å². The summed E-state index contributed by atoms with van der Waals surface area (Å²) >= 11 is 6.75. The number of anilines is 1. The van der Waals surface area contributed by atoms with Gasteiger partial charge in [-0.25, -0.2) is 8.42 Å². The largest absolute Gasteiger partial charge is 0.494 e. The lowest BCUT2D eigenvalue weighted by Crippen LogP contribution is -2.50. The van der Waals surface area contributed by atoms with Crippen LogP contribution >= 0.6 is 31.9 Å². The fourth-order valence-corrected chi connectivity index (χ4v) is 5.89. The quantitative estimate of drug-likeness (QED) is 0.312. The van der Waals surface area contributed by atoms with Crippen molar-refractivity contribution in [3.05, 3.63) is 87.3 Å². The molecule has 0 aliphatic heterocycles. The number of nitrogens with one attached hydrogen (secondary N) is 1. The molecule has 8 nitrogen and oxygen atoms in total. The molecule has 0 saturated heterocycles. The van der Waals surface area contributed by atoms with Crippen LogP contribution in [0.1, 0.15) is 19.4 Å². The van der Waals surface area contributed by atoms with E-state index in [2.05, 4.69) is 37.2 Å². The number of nitrogens with zero attached hydrogens (tertiary/aromatic N) is 2. The number of likely N-dealkylation sites (N-methyl/N-ethyl adjacent to an activating group) is 1. The Morgan fingerprint density at radius 2 is 1.63 bits per heavy atom. The van der Waals surface area contributed by atoms with Gasteiger partial charge in [-0.3, -0.25) is 13.9 Å². The second-order valence-corrected chi connectivity index (χ2v) is 12.0. The van der Waals surface area contributed by atoms with Crippen molar-refractivity contribution in [3.8, 4) is 5.75 Å². The van der Waals surface area contributed by atoms with E-state index in [0.29, 0.717) is 18.0 Å². The highest BCUT2D eigenvalue weighted by Crippen LogP contribution is 2.27. The molecule has 0 radical (unpaired) electrons. The molecule has 0 aliphatic carbocycles. The summed E-state index contributed by atoms with van der Waals surface area (Å²) in [5.74, 6) is -0.319. The molecule has 0 unspecified atom stereocenters. The van der Waals surface area contributed by atoms with Gasteiger partial charge in [0.05, 0.1) is 17.2 Å². The molecule has 0 spiro atoms. The second kappa shape index (κ2) is 13.3. The van der Waals surface area contributed by atoms with Gasteiger partial charge in [-0.05, 0) is 80.1 Å². The first kappa shape index (κ1) is 29.7. The number of carbonyl (C=O) groups is 2. The third-order valence-electron chi connectivity index (χ3n) is 5.77. The number of hydrogen-bond donors (Lipinski definition) is 1. The van der Waals surface area contributed by atoms with E-state index in [9.17, 15) is 18.0 Å². The molecule has 3 aromatic rings. The summed E-state index contributed by atoms with van der Waals surface area (Å²) in [4.78, 5) is 27.7. The van der Waals surface area contributed by atoms with Crippen molar-refractivity contribution in [2.75, 3.05) is 24.5 Å². The lowest BCUT2D eigenvalue weighted by atomic mass is 10.1. The van der Waals surface area contributed by atoms with Gasteiger partial charge in [0, 0.05) is 22.5 Å². The summed E-state index contributed by atoms with van der Waals surface area (Å²) in [6.07, 6.45) is 0. The topological polar surface area (TPSA) is 96.0 Å². The number of ether oxygens (including phenoxy) is 1. The number of rotatable bonds is 11. The monoisotopic (exact) mass is 665 g/mol. The summed E-state index contributed by atoms with van der Waals surface area (Å²) in [6, 6.07) is 19.2. The summed E-state index contributed by atoms with van der Waals surface area (Å²) in [6.45, 7) is 3.52. The maximum Gasteiger partial charge on any atom is 0.264 e. The molecule has 202 valence electrons. The Labute approximate surface area is 240 Å². The molecule has 0 aromatic heterocycles. The highest BCUT2D eigenvalue weighted by atomic mass is 79.9. The summed E-state index contributed by atoms with van der Waals surface area (Å²) in [5, 5.41) is 2.57. The molecule has 1 N–H and O–H groups in total. The van der Waals surface area contributed by atoms with Gasteiger partial charge in [0.25, 0.3) is 10.0 Å². The van der Waals surface area contributed by atoms with Crippen molar-refractivity contribution in [1.82, 2.24) is 10.2 Å². The van der Waals surface area contributed by atoms with Crippen LogP contribution in [0.3, 0.4) is 0 Å². The van der Waals surface area contributed by atoms with Crippen LogP contribution in [0.15, 0.2) is 86.6 Å². The van der Waals surface area contributed by atoms with Crippen LogP contribution in [0.25, 0.3) is 0 Å². The van der Waals surface area contributed by atoms with Crippen LogP contribution in [0.4, 0.5) is 5.69 Å². The van der Waals surface area contributed by atoms with Crippen molar-refractivity contribution in [2.45, 2.75) is 31.3 Å². The van der Waals surface area contributed by atoms with E-state index in [0.717, 1.165) is 18.8 Å². The molecule has 0 bridgehead atoms. The van der Waals surface area contributed by atoms with E-state index in [1.165, 1.54) is 24.1 Å². The molecule has 2 amide bonds. The van der Waals surface area contributed by atoms with Gasteiger partial charge in [0.1, 0.15) is 18.3 Å². The van der Waals surface area contributed by atoms with E-state index < -0.39 is 28.5 Å². The van der Waals surface area contributed by atoms with Crippen molar-refractivity contribution >= 4 is 59.4 Å². The number of hydrogen-bond acceptors (Lipinski definition) is 5. The number of amides is 2. The summed E-state index contributed by atoms with van der Waals surface area (Å²) in [5.41, 5.74) is 1.08. The third-order valence-corrected chi connectivity index (χ3v) is 8.58. The van der Waals surface area contributed by atoms with Gasteiger partial charge in [0.2, 0.25) is 11.8 Å². The lowest BCUT2D eigenvalue weighted by Gasteiger charge is -2.31. The zero-order valence-corrected chi connectivity index (χ0v) is 25.2. The molecule has 38 heavy (non-hydrogen) atoms. The van der Waals surface area contributed by atoms with Gasteiger partial charge in [-0.1, -0.05) is 44.0 Å². The molecule has 11 heteroatoms. The molecular formula is C27H29Br2N3O5S. The van der Waals surface area contributed by atoms with E-state index in [1.807, 2.05) is 31.2 Å². The second-order valence-electron chi connectivity index (χ2n) is 8.33. The molecule has 0 saturated carbocycles. The molecule has 3 rings (SSSR count). The van der Waals surface area contributed by atoms with Crippen LogP contribution in [-0.4, -0.2) is 51.4 Å². The Hall–Kier alpha value is -2.89. The fraction of sp³-hybridized carbons (Fsp3) is 0.259. The molecule has 1 atom stereocenters. The van der Waals surface area contributed by atoms with Crippen LogP contribution in [0, 0.1) is 0 Å². The normalized spacial score (nSPS) is 11.9. The summed E-state index contributed by atoms with van der Waals surface area (Å²) in [7, 11) is -2.65.